The summed E-state index contributed by atoms with van der Waals surface area (Å²) in [6.07, 6.45) is 0. The Morgan fingerprint density at radius 2 is 2.05 bits per heavy atom. The van der Waals surface area contributed by atoms with Crippen molar-refractivity contribution in [3.05, 3.63) is 28.2 Å². The number of likely N-dealkylation sites (N-methyl/N-ethyl adjacent to an activating group) is 1. The summed E-state index contributed by atoms with van der Waals surface area (Å²) in [4.78, 5) is 24.9. The van der Waals surface area contributed by atoms with Crippen molar-refractivity contribution < 1.29 is 14.7 Å². The van der Waals surface area contributed by atoms with Crippen LogP contribution in [0.25, 0.3) is 0 Å². The van der Waals surface area contributed by atoms with Gasteiger partial charge in [0, 0.05) is 17.1 Å². The highest BCUT2D eigenvalue weighted by Gasteiger charge is 2.14. The molecule has 0 saturated carbocycles. The van der Waals surface area contributed by atoms with Gasteiger partial charge in [0.25, 0.3) is 0 Å². The van der Waals surface area contributed by atoms with Gasteiger partial charge in [-0.05, 0) is 39.2 Å². The van der Waals surface area contributed by atoms with Crippen molar-refractivity contribution in [1.82, 2.24) is 10.2 Å². The van der Waals surface area contributed by atoms with E-state index in [2.05, 4.69) is 26.6 Å². The lowest BCUT2D eigenvalue weighted by Gasteiger charge is -2.19. The zero-order chi connectivity index (χ0) is 15.3. The van der Waals surface area contributed by atoms with Crippen molar-refractivity contribution in [3.8, 4) is 0 Å². The van der Waals surface area contributed by atoms with Gasteiger partial charge in [-0.25, -0.2) is 9.59 Å². The summed E-state index contributed by atoms with van der Waals surface area (Å²) in [7, 11) is 3.82. The van der Waals surface area contributed by atoms with E-state index in [1.165, 1.54) is 6.07 Å². The maximum atomic E-state index is 11.8. The molecule has 1 atom stereocenters. The number of halogens is 1. The zero-order valence-electron chi connectivity index (χ0n) is 11.6. The molecule has 110 valence electrons. The second kappa shape index (κ2) is 7.25. The van der Waals surface area contributed by atoms with E-state index in [9.17, 15) is 9.59 Å². The highest BCUT2D eigenvalue weighted by molar-refractivity contribution is 9.10. The fourth-order valence-electron chi connectivity index (χ4n) is 1.78. The van der Waals surface area contributed by atoms with Crippen LogP contribution in [0, 0.1) is 0 Å². The van der Waals surface area contributed by atoms with Gasteiger partial charge in [-0.15, -0.1) is 0 Å². The molecule has 0 aliphatic rings. The minimum atomic E-state index is -1.09. The topological polar surface area (TPSA) is 81.7 Å². The van der Waals surface area contributed by atoms with Gasteiger partial charge >= 0.3 is 12.0 Å². The van der Waals surface area contributed by atoms with Gasteiger partial charge in [-0.1, -0.05) is 15.9 Å². The SMILES string of the molecule is CC(CN(C)C)NC(=O)Nc1ccc(Br)cc1C(=O)O. The maximum Gasteiger partial charge on any atom is 0.337 e. The Morgan fingerprint density at radius 1 is 1.40 bits per heavy atom. The van der Waals surface area contributed by atoms with Gasteiger partial charge in [-0.3, -0.25) is 0 Å². The van der Waals surface area contributed by atoms with Crippen LogP contribution in [-0.4, -0.2) is 48.7 Å². The second-order valence-electron chi connectivity index (χ2n) is 4.76. The van der Waals surface area contributed by atoms with E-state index in [1.807, 2.05) is 25.9 Å². The Labute approximate surface area is 126 Å². The van der Waals surface area contributed by atoms with Crippen molar-refractivity contribution in [2.45, 2.75) is 13.0 Å². The van der Waals surface area contributed by atoms with Crippen LogP contribution in [0.15, 0.2) is 22.7 Å². The van der Waals surface area contributed by atoms with Gasteiger partial charge in [0.15, 0.2) is 0 Å². The summed E-state index contributed by atoms with van der Waals surface area (Å²) in [5.74, 6) is -1.09. The minimum absolute atomic E-state index is 0.0368. The third-order valence-corrected chi connectivity index (χ3v) is 2.97. The summed E-state index contributed by atoms with van der Waals surface area (Å²) < 4.78 is 0.641. The number of carbonyl (C=O) groups excluding carboxylic acids is 1. The van der Waals surface area contributed by atoms with Crippen molar-refractivity contribution in [2.75, 3.05) is 26.0 Å². The molecular weight excluding hydrogens is 326 g/mol. The van der Waals surface area contributed by atoms with Gasteiger partial charge in [0.05, 0.1) is 11.3 Å². The van der Waals surface area contributed by atoms with Gasteiger partial charge in [0.1, 0.15) is 0 Å². The van der Waals surface area contributed by atoms with E-state index in [1.54, 1.807) is 12.1 Å². The van der Waals surface area contributed by atoms with Gasteiger partial charge in [-0.2, -0.15) is 0 Å². The maximum absolute atomic E-state index is 11.8. The number of nitrogens with one attached hydrogen (secondary N) is 2. The number of urea groups is 1. The van der Waals surface area contributed by atoms with E-state index in [-0.39, 0.29) is 17.3 Å². The highest BCUT2D eigenvalue weighted by atomic mass is 79.9. The summed E-state index contributed by atoms with van der Waals surface area (Å²) in [5.41, 5.74) is 0.296. The Bertz CT molecular complexity index is 506. The van der Waals surface area contributed by atoms with Crippen LogP contribution in [0.2, 0.25) is 0 Å². The number of benzene rings is 1. The molecule has 7 heteroatoms. The number of nitrogens with zero attached hydrogens (tertiary/aromatic N) is 1. The fourth-order valence-corrected chi connectivity index (χ4v) is 2.14. The lowest BCUT2D eigenvalue weighted by molar-refractivity contribution is 0.0698. The molecule has 0 fully saturated rings. The molecule has 0 aliphatic heterocycles. The molecule has 0 aliphatic carbocycles. The number of hydrogen-bond donors (Lipinski definition) is 3. The van der Waals surface area contributed by atoms with Crippen LogP contribution in [-0.2, 0) is 0 Å². The van der Waals surface area contributed by atoms with Crippen molar-refractivity contribution in [1.29, 1.82) is 0 Å². The predicted molar refractivity (Wildman–Crippen MR) is 81.3 cm³/mol. The molecule has 2 amide bonds. The smallest absolute Gasteiger partial charge is 0.337 e. The number of carboxylic acids is 1. The molecule has 3 N–H and O–H groups in total. The molecule has 0 heterocycles. The summed E-state index contributed by atoms with van der Waals surface area (Å²) in [6.45, 7) is 2.57. The molecule has 0 spiro atoms. The standard InChI is InChI=1S/C13H18BrN3O3/c1-8(7-17(2)3)15-13(20)16-11-5-4-9(14)6-10(11)12(18)19/h4-6,8H,7H2,1-3H3,(H,18,19)(H2,15,16,20). The molecule has 1 rings (SSSR count). The molecule has 1 unspecified atom stereocenters. The van der Waals surface area contributed by atoms with E-state index in [0.29, 0.717) is 11.0 Å². The number of amides is 2. The molecule has 1 aromatic carbocycles. The average Bonchev–Trinajstić information content (AvgIpc) is 2.29. The van der Waals surface area contributed by atoms with E-state index in [0.717, 1.165) is 0 Å². The quantitative estimate of drug-likeness (QED) is 0.765. The minimum Gasteiger partial charge on any atom is -0.478 e. The van der Waals surface area contributed by atoms with Crippen LogP contribution < -0.4 is 10.6 Å². The lowest BCUT2D eigenvalue weighted by Crippen LogP contribution is -2.41. The molecule has 0 aromatic heterocycles. The number of aromatic carboxylic acids is 1. The van der Waals surface area contributed by atoms with Crippen LogP contribution in [0.4, 0.5) is 10.5 Å². The molecule has 0 saturated heterocycles. The molecule has 0 radical (unpaired) electrons. The van der Waals surface area contributed by atoms with Crippen LogP contribution in [0.5, 0.6) is 0 Å². The van der Waals surface area contributed by atoms with Crippen LogP contribution >= 0.6 is 15.9 Å². The van der Waals surface area contributed by atoms with E-state index in [4.69, 9.17) is 5.11 Å². The number of carbonyl (C=O) groups is 2. The lowest BCUT2D eigenvalue weighted by atomic mass is 10.2. The number of hydrogen-bond acceptors (Lipinski definition) is 3. The summed E-state index contributed by atoms with van der Waals surface area (Å²) >= 11 is 3.20. The number of rotatable bonds is 5. The summed E-state index contributed by atoms with van der Waals surface area (Å²) in [5, 5.41) is 14.4. The van der Waals surface area contributed by atoms with Crippen molar-refractivity contribution in [2.24, 2.45) is 0 Å². The molecule has 0 bridgehead atoms. The Morgan fingerprint density at radius 3 is 2.60 bits per heavy atom. The Hall–Kier alpha value is -1.60. The average molecular weight is 344 g/mol. The second-order valence-corrected chi connectivity index (χ2v) is 5.67. The Balaban J connectivity index is 2.73. The van der Waals surface area contributed by atoms with Crippen LogP contribution in [0.3, 0.4) is 0 Å². The number of carboxylic acid groups (broad SMARTS) is 1. The first-order chi connectivity index (χ1) is 9.29. The normalized spacial score (nSPS) is 12.1. The molecule has 20 heavy (non-hydrogen) atoms. The molecule has 6 nitrogen and oxygen atoms in total. The van der Waals surface area contributed by atoms with E-state index < -0.39 is 12.0 Å². The third kappa shape index (κ3) is 5.18. The summed E-state index contributed by atoms with van der Waals surface area (Å²) in [6, 6.07) is 4.19. The first-order valence-electron chi connectivity index (χ1n) is 6.04. The molecule has 1 aromatic rings. The fraction of sp³-hybridized carbons (Fsp3) is 0.385. The molecular formula is C13H18BrN3O3. The third-order valence-electron chi connectivity index (χ3n) is 2.48. The first kappa shape index (κ1) is 16.5. The largest absolute Gasteiger partial charge is 0.478 e. The van der Waals surface area contributed by atoms with Gasteiger partial charge in [0.2, 0.25) is 0 Å². The van der Waals surface area contributed by atoms with E-state index >= 15 is 0 Å². The first-order valence-corrected chi connectivity index (χ1v) is 6.84. The van der Waals surface area contributed by atoms with Gasteiger partial charge < -0.3 is 20.6 Å². The van der Waals surface area contributed by atoms with Crippen molar-refractivity contribution >= 4 is 33.6 Å². The highest BCUT2D eigenvalue weighted by Crippen LogP contribution is 2.21. The Kier molecular flexibility index (Phi) is 5.97. The van der Waals surface area contributed by atoms with Crippen LogP contribution in [0.1, 0.15) is 17.3 Å². The number of anilines is 1. The zero-order valence-corrected chi connectivity index (χ0v) is 13.2. The predicted octanol–water partition coefficient (Wildman–Crippen LogP) is 2.22. The van der Waals surface area contributed by atoms with Crippen molar-refractivity contribution in [3.63, 3.8) is 0 Å². The monoisotopic (exact) mass is 343 g/mol.